The third-order valence-corrected chi connectivity index (χ3v) is 5.22. The van der Waals surface area contributed by atoms with Gasteiger partial charge in [-0.15, -0.1) is 5.10 Å². The van der Waals surface area contributed by atoms with Crippen LogP contribution in [0.3, 0.4) is 0 Å². The van der Waals surface area contributed by atoms with Gasteiger partial charge in [0.25, 0.3) is 0 Å². The number of nitrogens with one attached hydrogen (secondary N) is 2. The van der Waals surface area contributed by atoms with E-state index < -0.39 is 0 Å². The minimum atomic E-state index is 0.349. The number of hydrogen-bond donors (Lipinski definition) is 3. The number of anilines is 1. The van der Waals surface area contributed by atoms with Crippen LogP contribution < -0.4 is 11.1 Å². The summed E-state index contributed by atoms with van der Waals surface area (Å²) in [5.41, 5.74) is 9.90. The summed E-state index contributed by atoms with van der Waals surface area (Å²) in [6.07, 6.45) is 8.02. The SMILES string of the molecule is N[C@H]1CC[C@H](Nc2ccc3ncc(-c4ccc5[nH]ncc5c4)n3n2)CC1. The van der Waals surface area contributed by atoms with E-state index in [2.05, 4.69) is 32.6 Å². The Morgan fingerprint density at radius 1 is 1.08 bits per heavy atom. The lowest BCUT2D eigenvalue weighted by atomic mass is 9.92. The highest BCUT2D eigenvalue weighted by Crippen LogP contribution is 2.25. The first kappa shape index (κ1) is 15.3. The van der Waals surface area contributed by atoms with Crippen molar-refractivity contribution in [3.63, 3.8) is 0 Å². The number of rotatable bonds is 3. The zero-order valence-electron chi connectivity index (χ0n) is 14.4. The molecule has 0 unspecified atom stereocenters. The molecule has 5 rings (SSSR count). The molecule has 0 radical (unpaired) electrons. The van der Waals surface area contributed by atoms with E-state index in [0.29, 0.717) is 12.1 Å². The van der Waals surface area contributed by atoms with Gasteiger partial charge >= 0.3 is 0 Å². The molecular weight excluding hydrogens is 326 g/mol. The van der Waals surface area contributed by atoms with Gasteiger partial charge in [-0.2, -0.15) is 5.10 Å². The number of imidazole rings is 1. The molecule has 1 aliphatic carbocycles. The van der Waals surface area contributed by atoms with Gasteiger partial charge in [0.05, 0.1) is 23.6 Å². The van der Waals surface area contributed by atoms with Crippen molar-refractivity contribution in [3.8, 4) is 11.3 Å². The Morgan fingerprint density at radius 3 is 2.85 bits per heavy atom. The number of aromatic nitrogens is 5. The first-order chi connectivity index (χ1) is 12.8. The summed E-state index contributed by atoms with van der Waals surface area (Å²) < 4.78 is 1.90. The van der Waals surface area contributed by atoms with E-state index in [9.17, 15) is 0 Å². The van der Waals surface area contributed by atoms with Crippen LogP contribution >= 0.6 is 0 Å². The highest BCUT2D eigenvalue weighted by atomic mass is 15.3. The van der Waals surface area contributed by atoms with Gasteiger partial charge in [0.2, 0.25) is 0 Å². The number of nitrogens with two attached hydrogens (primary N) is 1. The summed E-state index contributed by atoms with van der Waals surface area (Å²) >= 11 is 0. The Kier molecular flexibility index (Phi) is 3.60. The summed E-state index contributed by atoms with van der Waals surface area (Å²) in [4.78, 5) is 4.49. The summed E-state index contributed by atoms with van der Waals surface area (Å²) in [5, 5.41) is 16.5. The van der Waals surface area contributed by atoms with Crippen molar-refractivity contribution in [2.75, 3.05) is 5.32 Å². The molecule has 4 N–H and O–H groups in total. The van der Waals surface area contributed by atoms with Crippen molar-refractivity contribution >= 4 is 22.4 Å². The number of fused-ring (bicyclic) bond motifs is 2. The predicted octanol–water partition coefficient (Wildman–Crippen LogP) is 2.95. The normalized spacial score (nSPS) is 20.7. The van der Waals surface area contributed by atoms with Crippen LogP contribution in [-0.2, 0) is 0 Å². The molecule has 1 fully saturated rings. The maximum atomic E-state index is 6.00. The van der Waals surface area contributed by atoms with Gasteiger partial charge in [-0.05, 0) is 49.9 Å². The van der Waals surface area contributed by atoms with Crippen LogP contribution in [0.2, 0.25) is 0 Å². The van der Waals surface area contributed by atoms with Gasteiger partial charge in [0.15, 0.2) is 5.65 Å². The molecule has 3 heterocycles. The lowest BCUT2D eigenvalue weighted by molar-refractivity contribution is 0.410. The van der Waals surface area contributed by atoms with E-state index >= 15 is 0 Å². The maximum Gasteiger partial charge on any atom is 0.154 e. The van der Waals surface area contributed by atoms with E-state index in [1.54, 1.807) is 0 Å². The molecule has 7 nitrogen and oxygen atoms in total. The molecule has 0 saturated heterocycles. The predicted molar refractivity (Wildman–Crippen MR) is 102 cm³/mol. The quantitative estimate of drug-likeness (QED) is 0.529. The number of aromatic amines is 1. The molecule has 132 valence electrons. The monoisotopic (exact) mass is 347 g/mol. The number of nitrogens with zero attached hydrogens (tertiary/aromatic N) is 4. The van der Waals surface area contributed by atoms with E-state index in [-0.39, 0.29) is 0 Å². The average molecular weight is 347 g/mol. The Morgan fingerprint density at radius 2 is 1.96 bits per heavy atom. The Balaban J connectivity index is 1.48. The lowest BCUT2D eigenvalue weighted by Crippen LogP contribution is -2.33. The molecule has 3 aromatic heterocycles. The molecule has 0 atom stereocenters. The molecular formula is C19H21N7. The third kappa shape index (κ3) is 2.70. The second-order valence-corrected chi connectivity index (χ2v) is 7.06. The average Bonchev–Trinajstić information content (AvgIpc) is 3.29. The topological polar surface area (TPSA) is 96.9 Å². The Bertz CT molecular complexity index is 1060. The lowest BCUT2D eigenvalue weighted by Gasteiger charge is -2.27. The number of H-pyrrole nitrogens is 1. The summed E-state index contributed by atoms with van der Waals surface area (Å²) in [7, 11) is 0. The molecule has 7 heteroatoms. The minimum Gasteiger partial charge on any atom is -0.366 e. The minimum absolute atomic E-state index is 0.349. The number of hydrogen-bond acceptors (Lipinski definition) is 5. The fourth-order valence-electron chi connectivity index (χ4n) is 3.72. The molecule has 0 aliphatic heterocycles. The third-order valence-electron chi connectivity index (χ3n) is 5.22. The summed E-state index contributed by atoms with van der Waals surface area (Å²) in [6, 6.07) is 11.0. The summed E-state index contributed by atoms with van der Waals surface area (Å²) in [6.45, 7) is 0. The van der Waals surface area contributed by atoms with E-state index in [1.165, 1.54) is 0 Å². The van der Waals surface area contributed by atoms with Crippen molar-refractivity contribution in [2.45, 2.75) is 37.8 Å². The largest absolute Gasteiger partial charge is 0.366 e. The molecule has 0 spiro atoms. The van der Waals surface area contributed by atoms with Gasteiger partial charge in [0.1, 0.15) is 5.82 Å². The Hall–Kier alpha value is -2.93. The first-order valence-electron chi connectivity index (χ1n) is 9.07. The van der Waals surface area contributed by atoms with Crippen molar-refractivity contribution in [1.82, 2.24) is 24.8 Å². The standard InChI is InChI=1S/C19H21N7/c20-14-2-4-15(5-3-14)23-18-7-8-19-21-11-17(26(19)25-18)12-1-6-16-13(9-12)10-22-24-16/h1,6-11,14-15H,2-5,20H2,(H,22,24)(H,23,25)/t14-,15-. The highest BCUT2D eigenvalue weighted by molar-refractivity contribution is 5.83. The van der Waals surface area contributed by atoms with Crippen LogP contribution in [-0.4, -0.2) is 36.9 Å². The van der Waals surface area contributed by atoms with E-state index in [1.807, 2.05) is 35.1 Å². The first-order valence-corrected chi connectivity index (χ1v) is 9.07. The fourth-order valence-corrected chi connectivity index (χ4v) is 3.72. The van der Waals surface area contributed by atoms with Crippen molar-refractivity contribution in [3.05, 3.63) is 42.7 Å². The van der Waals surface area contributed by atoms with Crippen LogP contribution in [0.15, 0.2) is 42.7 Å². The molecule has 1 aromatic carbocycles. The second-order valence-electron chi connectivity index (χ2n) is 7.06. The molecule has 0 amide bonds. The second kappa shape index (κ2) is 6.10. The maximum absolute atomic E-state index is 6.00. The van der Waals surface area contributed by atoms with Crippen LogP contribution in [0, 0.1) is 0 Å². The van der Waals surface area contributed by atoms with Gasteiger partial charge in [-0.1, -0.05) is 6.07 Å². The van der Waals surface area contributed by atoms with Crippen LogP contribution in [0.4, 0.5) is 5.82 Å². The van der Waals surface area contributed by atoms with Crippen molar-refractivity contribution < 1.29 is 0 Å². The van der Waals surface area contributed by atoms with Gasteiger partial charge < -0.3 is 11.1 Å². The van der Waals surface area contributed by atoms with Crippen LogP contribution in [0.1, 0.15) is 25.7 Å². The fraction of sp³-hybridized carbons (Fsp3) is 0.316. The smallest absolute Gasteiger partial charge is 0.154 e. The Labute approximate surface area is 150 Å². The van der Waals surface area contributed by atoms with Gasteiger partial charge in [-0.25, -0.2) is 9.50 Å². The molecule has 1 saturated carbocycles. The molecule has 1 aliphatic rings. The molecule has 0 bridgehead atoms. The number of benzene rings is 1. The van der Waals surface area contributed by atoms with Gasteiger partial charge in [0, 0.05) is 23.0 Å². The van der Waals surface area contributed by atoms with Crippen LogP contribution in [0.5, 0.6) is 0 Å². The van der Waals surface area contributed by atoms with E-state index in [4.69, 9.17) is 10.8 Å². The van der Waals surface area contributed by atoms with Crippen molar-refractivity contribution in [1.29, 1.82) is 0 Å². The van der Waals surface area contributed by atoms with Gasteiger partial charge in [-0.3, -0.25) is 5.10 Å². The summed E-state index contributed by atoms with van der Waals surface area (Å²) in [5.74, 6) is 0.876. The van der Waals surface area contributed by atoms with E-state index in [0.717, 1.165) is 59.3 Å². The highest BCUT2D eigenvalue weighted by Gasteiger charge is 2.19. The van der Waals surface area contributed by atoms with Crippen molar-refractivity contribution in [2.24, 2.45) is 5.73 Å². The molecule has 4 aromatic rings. The zero-order valence-corrected chi connectivity index (χ0v) is 14.4. The van der Waals surface area contributed by atoms with Crippen LogP contribution in [0.25, 0.3) is 27.8 Å². The molecule has 26 heavy (non-hydrogen) atoms. The zero-order chi connectivity index (χ0) is 17.5.